The van der Waals surface area contributed by atoms with E-state index in [1.807, 2.05) is 36.2 Å². The van der Waals surface area contributed by atoms with E-state index in [1.165, 1.54) is 11.6 Å². The van der Waals surface area contributed by atoms with Crippen LogP contribution in [0.25, 0.3) is 5.69 Å². The number of thioether (sulfide) groups is 1. The molecule has 0 spiro atoms. The molecule has 2 aliphatic heterocycles. The number of rotatable bonds is 3. The lowest BCUT2D eigenvalue weighted by molar-refractivity contribution is 0.320. The summed E-state index contributed by atoms with van der Waals surface area (Å²) in [7, 11) is 0. The third-order valence-corrected chi connectivity index (χ3v) is 6.84. The lowest BCUT2D eigenvalue weighted by Crippen LogP contribution is -2.28. The molecule has 4 nitrogen and oxygen atoms in total. The van der Waals surface area contributed by atoms with Gasteiger partial charge in [-0.1, -0.05) is 30.8 Å². The van der Waals surface area contributed by atoms with Crippen molar-refractivity contribution in [2.45, 2.75) is 38.1 Å². The van der Waals surface area contributed by atoms with E-state index in [0.717, 1.165) is 34.5 Å². The number of aryl methyl sites for hydroxylation is 1. The third-order valence-electron chi connectivity index (χ3n) is 5.74. The first-order valence-electron chi connectivity index (χ1n) is 9.89. The van der Waals surface area contributed by atoms with Crippen LogP contribution in [-0.2, 0) is 0 Å². The quantitative estimate of drug-likeness (QED) is 0.598. The molecule has 5 rings (SSSR count). The van der Waals surface area contributed by atoms with Crippen LogP contribution in [-0.4, -0.2) is 31.4 Å². The van der Waals surface area contributed by atoms with Crippen molar-refractivity contribution < 1.29 is 4.39 Å². The van der Waals surface area contributed by atoms with Crippen molar-refractivity contribution in [3.63, 3.8) is 0 Å². The molecule has 0 amide bonds. The fourth-order valence-corrected chi connectivity index (χ4v) is 5.65. The van der Waals surface area contributed by atoms with Crippen LogP contribution in [0, 0.1) is 19.7 Å². The molecule has 6 heteroatoms. The number of hydrogen-bond donors (Lipinski definition) is 0. The van der Waals surface area contributed by atoms with Gasteiger partial charge in [-0.05, 0) is 55.8 Å². The summed E-state index contributed by atoms with van der Waals surface area (Å²) in [6.07, 6.45) is 1.84. The second kappa shape index (κ2) is 7.02. The number of benzene rings is 1. The molecule has 0 radical (unpaired) electrons. The van der Waals surface area contributed by atoms with Gasteiger partial charge in [0, 0.05) is 35.1 Å². The van der Waals surface area contributed by atoms with Crippen molar-refractivity contribution in [2.24, 2.45) is 4.99 Å². The highest BCUT2D eigenvalue weighted by atomic mass is 32.2. The minimum atomic E-state index is -0.223. The van der Waals surface area contributed by atoms with Gasteiger partial charge in [0.2, 0.25) is 0 Å². The van der Waals surface area contributed by atoms with Crippen molar-refractivity contribution >= 4 is 16.9 Å². The second-order valence-electron chi connectivity index (χ2n) is 7.78. The van der Waals surface area contributed by atoms with Crippen LogP contribution in [0.15, 0.2) is 59.7 Å². The predicted octanol–water partition coefficient (Wildman–Crippen LogP) is 5.22. The Morgan fingerprint density at radius 2 is 1.97 bits per heavy atom. The number of halogens is 1. The first-order valence-corrected chi connectivity index (χ1v) is 10.8. The highest BCUT2D eigenvalue weighted by Gasteiger charge is 2.44. The topological polar surface area (TPSA) is 33.4 Å². The largest absolute Gasteiger partial charge is 0.341 e. The first-order chi connectivity index (χ1) is 14.0. The molecule has 1 fully saturated rings. The summed E-state index contributed by atoms with van der Waals surface area (Å²) in [5.41, 5.74) is 5.29. The average Bonchev–Trinajstić information content (AvgIpc) is 3.32. The zero-order valence-electron chi connectivity index (χ0n) is 16.7. The monoisotopic (exact) mass is 406 g/mol. The van der Waals surface area contributed by atoms with Gasteiger partial charge < -0.3 is 9.47 Å². The molecule has 0 unspecified atom stereocenters. The number of hydrogen-bond acceptors (Lipinski definition) is 4. The molecule has 0 aliphatic carbocycles. The van der Waals surface area contributed by atoms with Gasteiger partial charge >= 0.3 is 0 Å². The summed E-state index contributed by atoms with van der Waals surface area (Å²) in [5, 5.41) is 1.63. The van der Waals surface area contributed by atoms with Crippen molar-refractivity contribution in [2.75, 3.05) is 6.54 Å². The maximum Gasteiger partial charge on any atom is 0.160 e. The van der Waals surface area contributed by atoms with Crippen LogP contribution in [0.3, 0.4) is 0 Å². The summed E-state index contributed by atoms with van der Waals surface area (Å²) >= 11 is 1.84. The van der Waals surface area contributed by atoms with E-state index >= 15 is 0 Å². The Balaban J connectivity index is 1.63. The van der Waals surface area contributed by atoms with Crippen LogP contribution in [0.1, 0.15) is 41.7 Å². The van der Waals surface area contributed by atoms with E-state index in [1.54, 1.807) is 12.1 Å². The van der Waals surface area contributed by atoms with Gasteiger partial charge in [-0.25, -0.2) is 4.39 Å². The van der Waals surface area contributed by atoms with Crippen molar-refractivity contribution in [3.8, 4) is 5.69 Å². The minimum absolute atomic E-state index is 0.0346. The lowest BCUT2D eigenvalue weighted by atomic mass is 9.96. The van der Waals surface area contributed by atoms with Gasteiger partial charge in [0.15, 0.2) is 5.17 Å². The van der Waals surface area contributed by atoms with Gasteiger partial charge in [-0.15, -0.1) is 0 Å². The Labute approximate surface area is 174 Å². The molecule has 0 saturated carbocycles. The molecule has 148 valence electrons. The molecule has 3 aromatic rings. The Morgan fingerprint density at radius 1 is 1.10 bits per heavy atom. The van der Waals surface area contributed by atoms with E-state index in [4.69, 9.17) is 4.99 Å². The van der Waals surface area contributed by atoms with Gasteiger partial charge in [0.05, 0.1) is 11.7 Å². The zero-order chi connectivity index (χ0) is 20.1. The smallest absolute Gasteiger partial charge is 0.160 e. The fraction of sp³-hybridized carbons (Fsp3) is 0.304. The Kier molecular flexibility index (Phi) is 4.46. The summed E-state index contributed by atoms with van der Waals surface area (Å²) in [5.74, 6) is -0.223. The minimum Gasteiger partial charge on any atom is -0.341 e. The highest BCUT2D eigenvalue weighted by molar-refractivity contribution is 8.14. The molecule has 0 bridgehead atoms. The summed E-state index contributed by atoms with van der Waals surface area (Å²) in [6.45, 7) is 7.41. The number of aliphatic imine (C=N–C) groups is 1. The van der Waals surface area contributed by atoms with Gasteiger partial charge in [0.25, 0.3) is 0 Å². The Morgan fingerprint density at radius 3 is 2.72 bits per heavy atom. The maximum absolute atomic E-state index is 13.9. The molecule has 2 aliphatic rings. The summed E-state index contributed by atoms with van der Waals surface area (Å²) in [4.78, 5) is 12.1. The van der Waals surface area contributed by atoms with E-state index in [9.17, 15) is 4.39 Å². The molecule has 4 heterocycles. The van der Waals surface area contributed by atoms with Crippen LogP contribution < -0.4 is 0 Å². The van der Waals surface area contributed by atoms with Gasteiger partial charge in [-0.3, -0.25) is 9.98 Å². The lowest BCUT2D eigenvalue weighted by Gasteiger charge is -2.27. The van der Waals surface area contributed by atoms with Crippen molar-refractivity contribution in [1.29, 1.82) is 0 Å². The van der Waals surface area contributed by atoms with E-state index < -0.39 is 0 Å². The second-order valence-corrected chi connectivity index (χ2v) is 9.18. The number of aromatic nitrogens is 2. The predicted molar refractivity (Wildman–Crippen MR) is 116 cm³/mol. The standard InChI is InChI=1S/C23H23FN4S/c1-14-11-19(16(3)28(14)18-8-6-7-17(24)12-18)22-21(20-9-4-5-10-25-20)26-23-27(22)13-15(2)29-23/h4-12,15,21-22H,13H2,1-3H3/t15-,21-,22-/m1/s1. The van der Waals surface area contributed by atoms with E-state index in [-0.39, 0.29) is 17.9 Å². The molecule has 1 aromatic carbocycles. The van der Waals surface area contributed by atoms with Crippen LogP contribution in [0.2, 0.25) is 0 Å². The van der Waals surface area contributed by atoms with Crippen molar-refractivity contribution in [1.82, 2.24) is 14.5 Å². The SMILES string of the molecule is Cc1cc([C@@H]2[C@@H](c3ccccn3)N=C3S[C@H](C)CN32)c(C)n1-c1cccc(F)c1. The zero-order valence-corrected chi connectivity index (χ0v) is 17.5. The van der Waals surface area contributed by atoms with Gasteiger partial charge in [0.1, 0.15) is 11.9 Å². The summed E-state index contributed by atoms with van der Waals surface area (Å²) in [6, 6.07) is 15.1. The molecule has 2 aromatic heterocycles. The highest BCUT2D eigenvalue weighted by Crippen LogP contribution is 2.48. The molecule has 1 saturated heterocycles. The first kappa shape index (κ1) is 18.4. The van der Waals surface area contributed by atoms with E-state index in [0.29, 0.717) is 5.25 Å². The van der Waals surface area contributed by atoms with E-state index in [2.05, 4.69) is 47.4 Å². The molecule has 0 N–H and O–H groups in total. The Hall–Kier alpha value is -2.60. The normalized spacial score (nSPS) is 23.4. The molecular weight excluding hydrogens is 383 g/mol. The molecular formula is C23H23FN4S. The third kappa shape index (κ3) is 3.06. The molecule has 3 atom stereocenters. The van der Waals surface area contributed by atoms with Crippen LogP contribution >= 0.6 is 11.8 Å². The van der Waals surface area contributed by atoms with Crippen LogP contribution in [0.4, 0.5) is 4.39 Å². The van der Waals surface area contributed by atoms with Crippen molar-refractivity contribution in [3.05, 3.63) is 83.2 Å². The molecule has 29 heavy (non-hydrogen) atoms. The Bertz CT molecular complexity index is 1090. The maximum atomic E-state index is 13.9. The van der Waals surface area contributed by atoms with Gasteiger partial charge in [-0.2, -0.15) is 0 Å². The number of fused-ring (bicyclic) bond motifs is 1. The summed E-state index contributed by atoms with van der Waals surface area (Å²) < 4.78 is 16.0. The number of pyridine rings is 1. The number of amidine groups is 1. The average molecular weight is 407 g/mol. The fourth-order valence-electron chi connectivity index (χ4n) is 4.55. The van der Waals surface area contributed by atoms with Crippen LogP contribution in [0.5, 0.6) is 0 Å². The number of nitrogens with zero attached hydrogens (tertiary/aromatic N) is 4.